The van der Waals surface area contributed by atoms with Gasteiger partial charge in [0.1, 0.15) is 11.6 Å². The van der Waals surface area contributed by atoms with Crippen LogP contribution in [0.1, 0.15) is 54.4 Å². The van der Waals surface area contributed by atoms with Crippen LogP contribution in [0.2, 0.25) is 0 Å². The van der Waals surface area contributed by atoms with Crippen molar-refractivity contribution in [1.82, 2.24) is 19.9 Å². The highest BCUT2D eigenvalue weighted by molar-refractivity contribution is 5.97. The summed E-state index contributed by atoms with van der Waals surface area (Å²) in [4.78, 5) is 17.5. The van der Waals surface area contributed by atoms with Gasteiger partial charge in [-0.1, -0.05) is 12.1 Å². The SMILES string of the molecule is Cc1cc(-c2cnn3c(NCC4CCOCC4)cc(NC4(CO)CC4)nc23)ccc1C(=O)NC1CC1. The number of carbonyl (C=O) groups excluding carboxylic acids is 1. The molecule has 2 aromatic heterocycles. The zero-order valence-electron chi connectivity index (χ0n) is 20.7. The summed E-state index contributed by atoms with van der Waals surface area (Å²) in [5.41, 5.74) is 3.95. The number of nitrogens with zero attached hydrogens (tertiary/aromatic N) is 3. The Kier molecular flexibility index (Phi) is 6.05. The normalized spacial score (nSPS) is 19.3. The second kappa shape index (κ2) is 9.37. The maximum Gasteiger partial charge on any atom is 0.251 e. The smallest absolute Gasteiger partial charge is 0.251 e. The van der Waals surface area contributed by atoms with Crippen molar-refractivity contribution in [3.05, 3.63) is 41.6 Å². The van der Waals surface area contributed by atoms with E-state index in [9.17, 15) is 9.90 Å². The first-order chi connectivity index (χ1) is 17.5. The van der Waals surface area contributed by atoms with Crippen LogP contribution in [0, 0.1) is 12.8 Å². The van der Waals surface area contributed by atoms with Crippen LogP contribution in [0.3, 0.4) is 0 Å². The third-order valence-electron chi connectivity index (χ3n) is 7.63. The van der Waals surface area contributed by atoms with Crippen molar-refractivity contribution in [2.24, 2.45) is 5.92 Å². The number of rotatable bonds is 9. The van der Waals surface area contributed by atoms with Crippen molar-refractivity contribution in [3.8, 4) is 11.1 Å². The lowest BCUT2D eigenvalue weighted by Crippen LogP contribution is -2.27. The van der Waals surface area contributed by atoms with Gasteiger partial charge in [0.25, 0.3) is 5.91 Å². The molecular weight excluding hydrogens is 456 g/mol. The number of ether oxygens (including phenoxy) is 1. The number of hydrogen-bond acceptors (Lipinski definition) is 7. The van der Waals surface area contributed by atoms with E-state index in [1.165, 1.54) is 0 Å². The van der Waals surface area contributed by atoms with E-state index in [0.717, 1.165) is 92.3 Å². The molecule has 4 N–H and O–H groups in total. The number of aryl methyl sites for hydroxylation is 1. The Labute approximate surface area is 210 Å². The van der Waals surface area contributed by atoms with Crippen molar-refractivity contribution >= 4 is 23.2 Å². The van der Waals surface area contributed by atoms with Gasteiger partial charge in [-0.05, 0) is 68.6 Å². The van der Waals surface area contributed by atoms with E-state index in [-0.39, 0.29) is 18.1 Å². The lowest BCUT2D eigenvalue weighted by Gasteiger charge is -2.23. The van der Waals surface area contributed by atoms with Gasteiger partial charge >= 0.3 is 0 Å². The van der Waals surface area contributed by atoms with Crippen molar-refractivity contribution < 1.29 is 14.6 Å². The van der Waals surface area contributed by atoms with Gasteiger partial charge in [-0.25, -0.2) is 4.98 Å². The van der Waals surface area contributed by atoms with Gasteiger partial charge in [0.15, 0.2) is 5.65 Å². The Bertz CT molecular complexity index is 1270. The minimum Gasteiger partial charge on any atom is -0.394 e. The van der Waals surface area contributed by atoms with E-state index in [0.29, 0.717) is 17.5 Å². The zero-order valence-corrected chi connectivity index (χ0v) is 20.7. The molecule has 0 spiro atoms. The molecule has 1 saturated heterocycles. The molecule has 1 amide bonds. The van der Waals surface area contributed by atoms with Crippen LogP contribution in [0.15, 0.2) is 30.5 Å². The summed E-state index contributed by atoms with van der Waals surface area (Å²) in [6, 6.07) is 8.20. The minimum absolute atomic E-state index is 0.00985. The number of hydrogen-bond donors (Lipinski definition) is 4. The van der Waals surface area contributed by atoms with Crippen molar-refractivity contribution in [3.63, 3.8) is 0 Å². The average Bonchev–Trinajstić information content (AvgIpc) is 3.82. The highest BCUT2D eigenvalue weighted by Crippen LogP contribution is 2.39. The van der Waals surface area contributed by atoms with Gasteiger partial charge in [0.2, 0.25) is 0 Å². The van der Waals surface area contributed by atoms with Crippen LogP contribution in [0.5, 0.6) is 0 Å². The number of aromatic nitrogens is 3. The molecule has 9 heteroatoms. The molecule has 3 aromatic rings. The molecular formula is C27H34N6O3. The quantitative estimate of drug-likeness (QED) is 0.364. The fraction of sp³-hybridized carbons (Fsp3) is 0.519. The number of benzene rings is 1. The summed E-state index contributed by atoms with van der Waals surface area (Å²) in [7, 11) is 0. The fourth-order valence-electron chi connectivity index (χ4n) is 4.88. The number of fused-ring (bicyclic) bond motifs is 1. The monoisotopic (exact) mass is 490 g/mol. The first kappa shape index (κ1) is 23.2. The van der Waals surface area contributed by atoms with E-state index >= 15 is 0 Å². The van der Waals surface area contributed by atoms with Crippen LogP contribution >= 0.6 is 0 Å². The predicted octanol–water partition coefficient (Wildman–Crippen LogP) is 3.37. The molecule has 2 aliphatic carbocycles. The molecule has 0 radical (unpaired) electrons. The van der Waals surface area contributed by atoms with Crippen LogP contribution < -0.4 is 16.0 Å². The van der Waals surface area contributed by atoms with E-state index < -0.39 is 0 Å². The maximum absolute atomic E-state index is 12.6. The minimum atomic E-state index is -0.281. The van der Waals surface area contributed by atoms with Crippen LogP contribution in [0.4, 0.5) is 11.6 Å². The molecule has 3 aliphatic rings. The number of nitrogens with one attached hydrogen (secondary N) is 3. The highest BCUT2D eigenvalue weighted by Gasteiger charge is 2.42. The molecule has 3 fully saturated rings. The zero-order chi connectivity index (χ0) is 24.7. The van der Waals surface area contributed by atoms with Crippen molar-refractivity contribution in [1.29, 1.82) is 0 Å². The Balaban J connectivity index is 1.33. The largest absolute Gasteiger partial charge is 0.394 e. The van der Waals surface area contributed by atoms with Gasteiger partial charge in [-0.3, -0.25) is 4.79 Å². The second-order valence-electron chi connectivity index (χ2n) is 10.6. The van der Waals surface area contributed by atoms with Gasteiger partial charge < -0.3 is 25.8 Å². The molecule has 9 nitrogen and oxygen atoms in total. The molecule has 6 rings (SSSR count). The number of aliphatic hydroxyl groups excluding tert-OH is 1. The summed E-state index contributed by atoms with van der Waals surface area (Å²) in [6.07, 6.45) is 7.91. The lowest BCUT2D eigenvalue weighted by atomic mass is 10.0. The van der Waals surface area contributed by atoms with E-state index in [2.05, 4.69) is 21.0 Å². The Hall–Kier alpha value is -3.17. The van der Waals surface area contributed by atoms with Gasteiger partial charge in [-0.15, -0.1) is 0 Å². The lowest BCUT2D eigenvalue weighted by molar-refractivity contribution is 0.0699. The summed E-state index contributed by atoms with van der Waals surface area (Å²) >= 11 is 0. The third-order valence-corrected chi connectivity index (χ3v) is 7.63. The molecule has 3 heterocycles. The van der Waals surface area contributed by atoms with Crippen LogP contribution in [0.25, 0.3) is 16.8 Å². The standard InChI is InChI=1S/C27H34N6O3/c1-17-12-19(2-5-21(17)26(35)30-20-3-4-20)22-15-29-33-24(28-14-18-6-10-36-11-7-18)13-23(31-25(22)33)32-27(16-34)8-9-27/h2,5,12-13,15,18,20,28,34H,3-4,6-11,14,16H2,1H3,(H,30,35)(H,31,32). The second-order valence-corrected chi connectivity index (χ2v) is 10.6. The summed E-state index contributed by atoms with van der Waals surface area (Å²) in [5, 5.41) is 24.7. The molecule has 1 aromatic carbocycles. The van der Waals surface area contributed by atoms with E-state index in [1.54, 1.807) is 0 Å². The molecule has 190 valence electrons. The molecule has 0 bridgehead atoms. The number of amides is 1. The van der Waals surface area contributed by atoms with Crippen LogP contribution in [-0.4, -0.2) is 63.6 Å². The Morgan fingerprint density at radius 1 is 1.19 bits per heavy atom. The molecule has 2 saturated carbocycles. The topological polar surface area (TPSA) is 113 Å². The molecule has 36 heavy (non-hydrogen) atoms. The third kappa shape index (κ3) is 4.77. The van der Waals surface area contributed by atoms with E-state index in [4.69, 9.17) is 9.72 Å². The summed E-state index contributed by atoms with van der Waals surface area (Å²) < 4.78 is 7.36. The van der Waals surface area contributed by atoms with Crippen LogP contribution in [-0.2, 0) is 4.74 Å². The first-order valence-electron chi connectivity index (χ1n) is 13.0. The fourth-order valence-corrected chi connectivity index (χ4v) is 4.88. The number of aliphatic hydroxyl groups is 1. The highest BCUT2D eigenvalue weighted by atomic mass is 16.5. The van der Waals surface area contributed by atoms with Crippen molar-refractivity contribution in [2.75, 3.05) is 37.0 Å². The predicted molar refractivity (Wildman–Crippen MR) is 138 cm³/mol. The van der Waals surface area contributed by atoms with Gasteiger partial charge in [-0.2, -0.15) is 9.61 Å². The Morgan fingerprint density at radius 3 is 2.69 bits per heavy atom. The number of carbonyl (C=O) groups is 1. The number of anilines is 2. The van der Waals surface area contributed by atoms with Gasteiger partial charge in [0, 0.05) is 43.0 Å². The molecule has 0 atom stereocenters. The average molecular weight is 491 g/mol. The maximum atomic E-state index is 12.6. The van der Waals surface area contributed by atoms with Gasteiger partial charge in [0.05, 0.1) is 18.3 Å². The van der Waals surface area contributed by atoms with E-state index in [1.807, 2.05) is 41.9 Å². The molecule has 1 aliphatic heterocycles. The first-order valence-corrected chi connectivity index (χ1v) is 13.0. The Morgan fingerprint density at radius 2 is 2.00 bits per heavy atom. The van der Waals surface area contributed by atoms with Crippen molar-refractivity contribution in [2.45, 2.75) is 57.0 Å². The molecule has 0 unspecified atom stereocenters. The summed E-state index contributed by atoms with van der Waals surface area (Å²) in [6.45, 7) is 4.51. The summed E-state index contributed by atoms with van der Waals surface area (Å²) in [5.74, 6) is 2.13.